The number of hydrogen-bond acceptors (Lipinski definition) is 5. The number of anilines is 2. The summed E-state index contributed by atoms with van der Waals surface area (Å²) in [6.45, 7) is 5.41. The number of halogens is 1. The summed E-state index contributed by atoms with van der Waals surface area (Å²) in [6, 6.07) is 0.457. The van der Waals surface area contributed by atoms with Crippen LogP contribution < -0.4 is 9.80 Å². The molecule has 0 aromatic carbocycles. The molecule has 6 heteroatoms. The highest BCUT2D eigenvalue weighted by molar-refractivity contribution is 6.28. The van der Waals surface area contributed by atoms with Gasteiger partial charge in [-0.25, -0.2) is 0 Å². The van der Waals surface area contributed by atoms with Crippen molar-refractivity contribution in [2.24, 2.45) is 5.92 Å². The monoisotopic (exact) mass is 255 g/mol. The Kier molecular flexibility index (Phi) is 3.38. The van der Waals surface area contributed by atoms with Crippen LogP contribution in [0.1, 0.15) is 20.3 Å². The lowest BCUT2D eigenvalue weighted by Gasteiger charge is -2.22. The van der Waals surface area contributed by atoms with Crippen molar-refractivity contribution >= 4 is 23.5 Å². The number of hydrogen-bond donors (Lipinski definition) is 0. The van der Waals surface area contributed by atoms with Crippen molar-refractivity contribution in [2.75, 3.05) is 30.4 Å². The van der Waals surface area contributed by atoms with E-state index < -0.39 is 0 Å². The van der Waals surface area contributed by atoms with E-state index >= 15 is 0 Å². The average molecular weight is 256 g/mol. The Hall–Kier alpha value is -1.10. The lowest BCUT2D eigenvalue weighted by atomic mass is 10.1. The summed E-state index contributed by atoms with van der Waals surface area (Å²) in [5, 5.41) is 0.255. The molecule has 0 N–H and O–H groups in total. The third-order valence-electron chi connectivity index (χ3n) is 3.03. The first-order chi connectivity index (χ1) is 7.97. The summed E-state index contributed by atoms with van der Waals surface area (Å²) in [7, 11) is 3.79. The second kappa shape index (κ2) is 4.64. The van der Waals surface area contributed by atoms with E-state index in [4.69, 9.17) is 11.6 Å². The highest BCUT2D eigenvalue weighted by atomic mass is 35.5. The van der Waals surface area contributed by atoms with Gasteiger partial charge in [-0.2, -0.15) is 15.0 Å². The fourth-order valence-electron chi connectivity index (χ4n) is 2.24. The average Bonchev–Trinajstić information content (AvgIpc) is 2.57. The zero-order chi connectivity index (χ0) is 12.6. The fourth-order valence-corrected chi connectivity index (χ4v) is 2.39. The van der Waals surface area contributed by atoms with E-state index in [-0.39, 0.29) is 5.28 Å². The summed E-state index contributed by atoms with van der Waals surface area (Å²) in [5.74, 6) is 1.96. The zero-order valence-electron chi connectivity index (χ0n) is 10.7. The Morgan fingerprint density at radius 2 is 1.94 bits per heavy atom. The predicted molar refractivity (Wildman–Crippen MR) is 69.8 cm³/mol. The van der Waals surface area contributed by atoms with E-state index in [1.165, 1.54) is 6.42 Å². The number of nitrogens with zero attached hydrogens (tertiary/aromatic N) is 5. The van der Waals surface area contributed by atoms with Crippen LogP contribution in [0.3, 0.4) is 0 Å². The van der Waals surface area contributed by atoms with Crippen LogP contribution in [0.5, 0.6) is 0 Å². The molecule has 0 spiro atoms. The van der Waals surface area contributed by atoms with Gasteiger partial charge >= 0.3 is 0 Å². The Balaban J connectivity index is 2.32. The molecule has 0 aliphatic carbocycles. The van der Waals surface area contributed by atoms with Gasteiger partial charge in [0.25, 0.3) is 0 Å². The molecule has 0 amide bonds. The minimum Gasteiger partial charge on any atom is -0.347 e. The first-order valence-corrected chi connectivity index (χ1v) is 6.20. The number of rotatable bonds is 2. The van der Waals surface area contributed by atoms with Gasteiger partial charge in [0.05, 0.1) is 0 Å². The molecular formula is C11H18ClN5. The molecule has 17 heavy (non-hydrogen) atoms. The van der Waals surface area contributed by atoms with Crippen molar-refractivity contribution in [1.82, 2.24) is 15.0 Å². The lowest BCUT2D eigenvalue weighted by Crippen LogP contribution is -2.29. The molecule has 1 fully saturated rings. The summed E-state index contributed by atoms with van der Waals surface area (Å²) >= 11 is 5.94. The van der Waals surface area contributed by atoms with E-state index in [0.29, 0.717) is 23.9 Å². The van der Waals surface area contributed by atoms with E-state index in [1.807, 2.05) is 19.0 Å². The molecule has 2 heterocycles. The minimum absolute atomic E-state index is 0.255. The van der Waals surface area contributed by atoms with Crippen LogP contribution >= 0.6 is 11.6 Å². The second-order valence-electron chi connectivity index (χ2n) is 4.94. The SMILES string of the molecule is CC1CC(C)N(c2nc(Cl)nc(N(C)C)n2)C1. The molecule has 1 saturated heterocycles. The zero-order valence-corrected chi connectivity index (χ0v) is 11.4. The summed E-state index contributed by atoms with van der Waals surface area (Å²) in [6.07, 6.45) is 1.17. The standard InChI is InChI=1S/C11H18ClN5/c1-7-5-8(2)17(6-7)11-14-9(12)13-10(15-11)16(3)4/h7-8H,5-6H2,1-4H3. The van der Waals surface area contributed by atoms with Gasteiger partial charge in [0.2, 0.25) is 17.2 Å². The van der Waals surface area contributed by atoms with E-state index in [9.17, 15) is 0 Å². The predicted octanol–water partition coefficient (Wildman–Crippen LogP) is 1.83. The van der Waals surface area contributed by atoms with Crippen molar-refractivity contribution in [3.8, 4) is 0 Å². The summed E-state index contributed by atoms with van der Waals surface area (Å²) in [4.78, 5) is 16.8. The van der Waals surface area contributed by atoms with Crippen LogP contribution in [0.2, 0.25) is 5.28 Å². The molecule has 2 rings (SSSR count). The van der Waals surface area contributed by atoms with Crippen molar-refractivity contribution in [3.05, 3.63) is 5.28 Å². The highest BCUT2D eigenvalue weighted by Crippen LogP contribution is 2.27. The van der Waals surface area contributed by atoms with Gasteiger partial charge in [0, 0.05) is 26.7 Å². The third-order valence-corrected chi connectivity index (χ3v) is 3.19. The minimum atomic E-state index is 0.255. The fraction of sp³-hybridized carbons (Fsp3) is 0.727. The highest BCUT2D eigenvalue weighted by Gasteiger charge is 2.28. The molecule has 5 nitrogen and oxygen atoms in total. The first kappa shape index (κ1) is 12.4. The largest absolute Gasteiger partial charge is 0.347 e. The molecular weight excluding hydrogens is 238 g/mol. The molecule has 1 aliphatic rings. The van der Waals surface area contributed by atoms with Crippen molar-refractivity contribution in [2.45, 2.75) is 26.3 Å². The maximum Gasteiger partial charge on any atom is 0.231 e. The van der Waals surface area contributed by atoms with Gasteiger partial charge in [-0.05, 0) is 30.9 Å². The second-order valence-corrected chi connectivity index (χ2v) is 5.28. The van der Waals surface area contributed by atoms with Crippen LogP contribution in [-0.2, 0) is 0 Å². The Morgan fingerprint density at radius 1 is 1.24 bits per heavy atom. The van der Waals surface area contributed by atoms with Gasteiger partial charge in [0.1, 0.15) is 0 Å². The molecule has 1 aromatic heterocycles. The van der Waals surface area contributed by atoms with E-state index in [2.05, 4.69) is 33.7 Å². The summed E-state index contributed by atoms with van der Waals surface area (Å²) < 4.78 is 0. The normalized spacial score (nSPS) is 24.2. The van der Waals surface area contributed by atoms with Crippen LogP contribution in [0.25, 0.3) is 0 Å². The van der Waals surface area contributed by atoms with Crippen molar-refractivity contribution in [3.63, 3.8) is 0 Å². The van der Waals surface area contributed by atoms with Crippen molar-refractivity contribution < 1.29 is 0 Å². The van der Waals surface area contributed by atoms with Gasteiger partial charge in [-0.3, -0.25) is 0 Å². The first-order valence-electron chi connectivity index (χ1n) is 5.83. The van der Waals surface area contributed by atoms with Gasteiger partial charge in [-0.1, -0.05) is 6.92 Å². The van der Waals surface area contributed by atoms with Gasteiger partial charge in [-0.15, -0.1) is 0 Å². The molecule has 0 saturated carbocycles. The molecule has 0 radical (unpaired) electrons. The van der Waals surface area contributed by atoms with E-state index in [0.717, 1.165) is 6.54 Å². The van der Waals surface area contributed by atoms with Crippen LogP contribution in [0.4, 0.5) is 11.9 Å². The van der Waals surface area contributed by atoms with Crippen LogP contribution in [0, 0.1) is 5.92 Å². The molecule has 2 atom stereocenters. The lowest BCUT2D eigenvalue weighted by molar-refractivity contribution is 0.624. The smallest absolute Gasteiger partial charge is 0.231 e. The molecule has 94 valence electrons. The van der Waals surface area contributed by atoms with Crippen LogP contribution in [0.15, 0.2) is 0 Å². The maximum atomic E-state index is 5.94. The maximum absolute atomic E-state index is 5.94. The Morgan fingerprint density at radius 3 is 2.47 bits per heavy atom. The Labute approximate surface area is 107 Å². The van der Waals surface area contributed by atoms with E-state index in [1.54, 1.807) is 0 Å². The van der Waals surface area contributed by atoms with Crippen molar-refractivity contribution in [1.29, 1.82) is 0 Å². The third kappa shape index (κ3) is 2.60. The Bertz CT molecular complexity index is 409. The van der Waals surface area contributed by atoms with Gasteiger partial charge in [0.15, 0.2) is 0 Å². The molecule has 1 aliphatic heterocycles. The van der Waals surface area contributed by atoms with Gasteiger partial charge < -0.3 is 9.80 Å². The molecule has 0 bridgehead atoms. The number of aromatic nitrogens is 3. The topological polar surface area (TPSA) is 45.2 Å². The summed E-state index contributed by atoms with van der Waals surface area (Å²) in [5.41, 5.74) is 0. The van der Waals surface area contributed by atoms with Crippen LogP contribution in [-0.4, -0.2) is 41.6 Å². The quantitative estimate of drug-likeness (QED) is 0.807. The molecule has 1 aromatic rings. The molecule has 2 unspecified atom stereocenters.